The van der Waals surface area contributed by atoms with E-state index in [-0.39, 0.29) is 18.4 Å². The quantitative estimate of drug-likeness (QED) is 0.865. The third kappa shape index (κ3) is 4.58. The second-order valence-corrected chi connectivity index (χ2v) is 9.25. The molecule has 1 aromatic heterocycles. The number of piperidine rings is 1. The van der Waals surface area contributed by atoms with Crippen LogP contribution >= 0.6 is 0 Å². The van der Waals surface area contributed by atoms with Crippen molar-refractivity contribution in [2.45, 2.75) is 57.2 Å². The summed E-state index contributed by atoms with van der Waals surface area (Å²) in [7, 11) is -3.45. The fraction of sp³-hybridized carbons (Fsp3) is 0.667. The summed E-state index contributed by atoms with van der Waals surface area (Å²) in [6.45, 7) is 3.13. The van der Waals surface area contributed by atoms with Gasteiger partial charge in [-0.05, 0) is 44.2 Å². The van der Waals surface area contributed by atoms with Gasteiger partial charge in [0.2, 0.25) is 15.9 Å². The summed E-state index contributed by atoms with van der Waals surface area (Å²) >= 11 is 0. The van der Waals surface area contributed by atoms with Gasteiger partial charge in [0.15, 0.2) is 0 Å². The average Bonchev–Trinajstić information content (AvgIpc) is 3.15. The molecular formula is C18H27N3O3S. The number of carbonyl (C=O) groups excluding carboxylic acids is 1. The highest BCUT2D eigenvalue weighted by atomic mass is 32.2. The summed E-state index contributed by atoms with van der Waals surface area (Å²) < 4.78 is 28.0. The van der Waals surface area contributed by atoms with Crippen LogP contribution < -0.4 is 4.72 Å². The Labute approximate surface area is 150 Å². The first-order chi connectivity index (χ1) is 12.0. The third-order valence-corrected chi connectivity index (χ3v) is 7.09. The van der Waals surface area contributed by atoms with Gasteiger partial charge in [0.25, 0.3) is 0 Å². The number of likely N-dealkylation sites (tertiary alicyclic amines) is 1. The lowest BCUT2D eigenvalue weighted by Crippen LogP contribution is -2.49. The fourth-order valence-corrected chi connectivity index (χ4v) is 5.18. The maximum atomic E-state index is 12.6. The Bertz CT molecular complexity index is 697. The van der Waals surface area contributed by atoms with Crippen molar-refractivity contribution in [3.8, 4) is 0 Å². The smallest absolute Gasteiger partial charge is 0.225 e. The van der Waals surface area contributed by atoms with Crippen molar-refractivity contribution >= 4 is 15.9 Å². The molecule has 2 heterocycles. The number of aryl methyl sites for hydroxylation is 1. The summed E-state index contributed by atoms with van der Waals surface area (Å²) in [5, 5.41) is -0.523. The molecule has 0 radical (unpaired) electrons. The van der Waals surface area contributed by atoms with Crippen molar-refractivity contribution in [2.75, 3.05) is 13.1 Å². The number of amides is 1. The van der Waals surface area contributed by atoms with Gasteiger partial charge in [-0.15, -0.1) is 0 Å². The van der Waals surface area contributed by atoms with E-state index in [0.29, 0.717) is 19.5 Å². The SMILES string of the molecule is Cc1ccc(CNS(=O)(=O)[C@@H]2CCCN(C(=O)C3CCCC3)C2)cn1. The molecule has 1 saturated heterocycles. The molecule has 3 rings (SSSR count). The van der Waals surface area contributed by atoms with Crippen molar-refractivity contribution < 1.29 is 13.2 Å². The Morgan fingerprint density at radius 2 is 2.00 bits per heavy atom. The van der Waals surface area contributed by atoms with Crippen molar-refractivity contribution in [3.05, 3.63) is 29.6 Å². The molecule has 1 saturated carbocycles. The highest BCUT2D eigenvalue weighted by molar-refractivity contribution is 7.90. The highest BCUT2D eigenvalue weighted by Gasteiger charge is 2.35. The molecule has 6 nitrogen and oxygen atoms in total. The van der Waals surface area contributed by atoms with E-state index in [1.807, 2.05) is 19.1 Å². The molecule has 0 spiro atoms. The molecule has 1 aromatic rings. The van der Waals surface area contributed by atoms with E-state index in [1.165, 1.54) is 0 Å². The molecule has 1 aliphatic carbocycles. The lowest BCUT2D eigenvalue weighted by atomic mass is 10.0. The normalized spacial score (nSPS) is 22.3. The minimum Gasteiger partial charge on any atom is -0.341 e. The maximum Gasteiger partial charge on any atom is 0.225 e. The van der Waals surface area contributed by atoms with Crippen LogP contribution in [0.25, 0.3) is 0 Å². The second kappa shape index (κ2) is 7.83. The lowest BCUT2D eigenvalue weighted by molar-refractivity contribution is -0.136. The van der Waals surface area contributed by atoms with E-state index >= 15 is 0 Å². The van der Waals surface area contributed by atoms with E-state index in [4.69, 9.17) is 0 Å². The zero-order valence-electron chi connectivity index (χ0n) is 14.8. The minimum absolute atomic E-state index is 0.105. The van der Waals surface area contributed by atoms with E-state index in [1.54, 1.807) is 11.1 Å². The van der Waals surface area contributed by atoms with Gasteiger partial charge < -0.3 is 4.90 Å². The number of hydrogen-bond donors (Lipinski definition) is 1. The van der Waals surface area contributed by atoms with Crippen LogP contribution in [0.4, 0.5) is 0 Å². The molecule has 25 heavy (non-hydrogen) atoms. The largest absolute Gasteiger partial charge is 0.341 e. The van der Waals surface area contributed by atoms with Gasteiger partial charge in [-0.3, -0.25) is 9.78 Å². The summed E-state index contributed by atoms with van der Waals surface area (Å²) in [5.74, 6) is 0.258. The Morgan fingerprint density at radius 1 is 1.24 bits per heavy atom. The van der Waals surface area contributed by atoms with Gasteiger partial charge in [-0.2, -0.15) is 0 Å². The average molecular weight is 365 g/mol. The number of aromatic nitrogens is 1. The Kier molecular flexibility index (Phi) is 5.74. The van der Waals surface area contributed by atoms with Crippen LogP contribution in [-0.2, 0) is 21.4 Å². The molecule has 0 bridgehead atoms. The highest BCUT2D eigenvalue weighted by Crippen LogP contribution is 2.28. The van der Waals surface area contributed by atoms with Crippen molar-refractivity contribution in [1.82, 2.24) is 14.6 Å². The maximum absolute atomic E-state index is 12.6. The van der Waals surface area contributed by atoms with Crippen LogP contribution in [0.15, 0.2) is 18.3 Å². The molecular weight excluding hydrogens is 338 g/mol. The number of hydrogen-bond acceptors (Lipinski definition) is 4. The number of sulfonamides is 1. The minimum atomic E-state index is -3.45. The Morgan fingerprint density at radius 3 is 2.68 bits per heavy atom. The van der Waals surface area contributed by atoms with Crippen LogP contribution in [0.5, 0.6) is 0 Å². The van der Waals surface area contributed by atoms with Crippen LogP contribution in [0.2, 0.25) is 0 Å². The Hall–Kier alpha value is -1.47. The molecule has 0 unspecified atom stereocenters. The molecule has 1 atom stereocenters. The molecule has 138 valence electrons. The van der Waals surface area contributed by atoms with Crippen LogP contribution in [0.1, 0.15) is 49.8 Å². The monoisotopic (exact) mass is 365 g/mol. The molecule has 0 aromatic carbocycles. The number of carbonyl (C=O) groups is 1. The number of nitrogens with one attached hydrogen (secondary N) is 1. The molecule has 1 amide bonds. The topological polar surface area (TPSA) is 79.4 Å². The zero-order valence-corrected chi connectivity index (χ0v) is 15.6. The lowest BCUT2D eigenvalue weighted by Gasteiger charge is -2.34. The Balaban J connectivity index is 1.59. The first-order valence-corrected chi connectivity index (χ1v) is 10.7. The van der Waals surface area contributed by atoms with Gasteiger partial charge >= 0.3 is 0 Å². The van der Waals surface area contributed by atoms with E-state index < -0.39 is 15.3 Å². The number of rotatable bonds is 5. The second-order valence-electron chi connectivity index (χ2n) is 7.20. The van der Waals surface area contributed by atoms with Gasteiger partial charge in [-0.25, -0.2) is 13.1 Å². The predicted octanol–water partition coefficient (Wildman–Crippen LogP) is 1.99. The van der Waals surface area contributed by atoms with Gasteiger partial charge in [0.1, 0.15) is 0 Å². The van der Waals surface area contributed by atoms with Crippen LogP contribution in [0.3, 0.4) is 0 Å². The number of pyridine rings is 1. The van der Waals surface area contributed by atoms with Crippen molar-refractivity contribution in [3.63, 3.8) is 0 Å². The van der Waals surface area contributed by atoms with Gasteiger partial charge in [-0.1, -0.05) is 18.9 Å². The summed E-state index contributed by atoms with van der Waals surface area (Å²) in [6, 6.07) is 3.74. The standard InChI is InChI=1S/C18H27N3O3S/c1-14-8-9-15(11-19-14)12-20-25(23,24)17-7-4-10-21(13-17)18(22)16-5-2-3-6-16/h8-9,11,16-17,20H,2-7,10,12-13H2,1H3/t17-/m1/s1. The molecule has 1 N–H and O–H groups in total. The van der Waals surface area contributed by atoms with Crippen LogP contribution in [-0.4, -0.2) is 42.5 Å². The third-order valence-electron chi connectivity index (χ3n) is 5.28. The summed E-state index contributed by atoms with van der Waals surface area (Å²) in [5.41, 5.74) is 1.74. The summed E-state index contributed by atoms with van der Waals surface area (Å²) in [4.78, 5) is 18.5. The van der Waals surface area contributed by atoms with Gasteiger partial charge in [0.05, 0.1) is 5.25 Å². The first-order valence-electron chi connectivity index (χ1n) is 9.14. The molecule has 7 heteroatoms. The van der Waals surface area contributed by atoms with E-state index in [2.05, 4.69) is 9.71 Å². The van der Waals surface area contributed by atoms with Crippen molar-refractivity contribution in [2.24, 2.45) is 5.92 Å². The zero-order chi connectivity index (χ0) is 17.9. The molecule has 1 aliphatic heterocycles. The fourth-order valence-electron chi connectivity index (χ4n) is 3.73. The van der Waals surface area contributed by atoms with E-state index in [9.17, 15) is 13.2 Å². The van der Waals surface area contributed by atoms with Crippen LogP contribution in [0, 0.1) is 12.8 Å². The predicted molar refractivity (Wildman–Crippen MR) is 96.3 cm³/mol. The number of nitrogens with zero attached hydrogens (tertiary/aromatic N) is 2. The van der Waals surface area contributed by atoms with Crippen molar-refractivity contribution in [1.29, 1.82) is 0 Å². The van der Waals surface area contributed by atoms with Gasteiger partial charge in [0, 0.05) is 37.4 Å². The van der Waals surface area contributed by atoms with E-state index in [0.717, 1.165) is 43.4 Å². The molecule has 2 fully saturated rings. The summed E-state index contributed by atoms with van der Waals surface area (Å²) in [6.07, 6.45) is 7.16. The molecule has 2 aliphatic rings. The first kappa shape index (κ1) is 18.3.